The van der Waals surface area contributed by atoms with Crippen LogP contribution >= 0.6 is 0 Å². The lowest BCUT2D eigenvalue weighted by Gasteiger charge is -2.38. The van der Waals surface area contributed by atoms with Gasteiger partial charge in [0.2, 0.25) is 11.8 Å². The van der Waals surface area contributed by atoms with Gasteiger partial charge in [-0.05, 0) is 32.2 Å². The number of hydrogen-bond acceptors (Lipinski definition) is 3. The molecule has 0 spiro atoms. The number of amides is 2. The van der Waals surface area contributed by atoms with Crippen molar-refractivity contribution in [3.05, 3.63) is 0 Å². The minimum absolute atomic E-state index is 0.0103. The minimum Gasteiger partial charge on any atom is -0.352 e. The van der Waals surface area contributed by atoms with Gasteiger partial charge >= 0.3 is 0 Å². The Labute approximate surface area is 115 Å². The Bertz CT molecular complexity index is 351. The lowest BCUT2D eigenvalue weighted by molar-refractivity contribution is -0.142. The maximum Gasteiger partial charge on any atom is 0.230 e. The molecule has 0 aromatic heterocycles. The molecule has 19 heavy (non-hydrogen) atoms. The second-order valence-corrected chi connectivity index (χ2v) is 5.85. The normalized spacial score (nSPS) is 31.3. The van der Waals surface area contributed by atoms with E-state index in [-0.39, 0.29) is 23.3 Å². The average molecular weight is 267 g/mol. The van der Waals surface area contributed by atoms with E-state index in [1.54, 1.807) is 0 Å². The lowest BCUT2D eigenvalue weighted by Crippen LogP contribution is -2.51. The molecule has 2 atom stereocenters. The number of carbonyl (C=O) groups excluding carboxylic acids is 2. The van der Waals surface area contributed by atoms with Gasteiger partial charge in [-0.3, -0.25) is 9.59 Å². The molecule has 2 N–H and O–H groups in total. The smallest absolute Gasteiger partial charge is 0.230 e. The van der Waals surface area contributed by atoms with E-state index in [0.29, 0.717) is 6.54 Å². The summed E-state index contributed by atoms with van der Waals surface area (Å²) in [6.07, 6.45) is 3.82. The van der Waals surface area contributed by atoms with Crippen LogP contribution in [0.1, 0.15) is 39.5 Å². The van der Waals surface area contributed by atoms with Crippen LogP contribution in [-0.4, -0.2) is 48.9 Å². The molecular weight excluding hydrogens is 242 g/mol. The standard InChI is InChI=1S/C14H25N3O2/c1-3-14(6-4-7-15-10-14)13(19)17-8-5-12(9-17)16-11(2)18/h12,15H,3-10H2,1-2H3,(H,16,18). The number of hydrogen-bond donors (Lipinski definition) is 2. The van der Waals surface area contributed by atoms with E-state index in [2.05, 4.69) is 17.6 Å². The number of rotatable bonds is 3. The van der Waals surface area contributed by atoms with Crippen molar-refractivity contribution in [2.45, 2.75) is 45.6 Å². The molecule has 5 nitrogen and oxygen atoms in total. The Kier molecular flexibility index (Phi) is 4.45. The first kappa shape index (κ1) is 14.3. The second kappa shape index (κ2) is 5.90. The highest BCUT2D eigenvalue weighted by Crippen LogP contribution is 2.33. The zero-order valence-corrected chi connectivity index (χ0v) is 12.0. The lowest BCUT2D eigenvalue weighted by atomic mass is 9.77. The van der Waals surface area contributed by atoms with Gasteiger partial charge in [-0.15, -0.1) is 0 Å². The van der Waals surface area contributed by atoms with Gasteiger partial charge in [0.15, 0.2) is 0 Å². The summed E-state index contributed by atoms with van der Waals surface area (Å²) in [6.45, 7) is 6.88. The van der Waals surface area contributed by atoms with Crippen molar-refractivity contribution in [2.24, 2.45) is 5.41 Å². The van der Waals surface area contributed by atoms with Crippen LogP contribution in [0, 0.1) is 5.41 Å². The van der Waals surface area contributed by atoms with Gasteiger partial charge in [-0.1, -0.05) is 6.92 Å². The quantitative estimate of drug-likeness (QED) is 0.783. The Morgan fingerprint density at radius 1 is 1.47 bits per heavy atom. The van der Waals surface area contributed by atoms with E-state index in [4.69, 9.17) is 0 Å². The molecule has 2 heterocycles. The van der Waals surface area contributed by atoms with Gasteiger partial charge in [-0.25, -0.2) is 0 Å². The van der Waals surface area contributed by atoms with Gasteiger partial charge in [0.05, 0.1) is 5.41 Å². The zero-order valence-electron chi connectivity index (χ0n) is 12.0. The van der Waals surface area contributed by atoms with Crippen LogP contribution in [0.2, 0.25) is 0 Å². The van der Waals surface area contributed by atoms with Crippen molar-refractivity contribution < 1.29 is 9.59 Å². The van der Waals surface area contributed by atoms with E-state index in [1.165, 1.54) is 6.92 Å². The summed E-state index contributed by atoms with van der Waals surface area (Å²) in [4.78, 5) is 25.8. The zero-order chi connectivity index (χ0) is 13.9. The topological polar surface area (TPSA) is 61.4 Å². The Morgan fingerprint density at radius 3 is 2.84 bits per heavy atom. The first-order chi connectivity index (χ1) is 9.07. The molecule has 2 aliphatic rings. The van der Waals surface area contributed by atoms with Crippen LogP contribution in [0.15, 0.2) is 0 Å². The highest BCUT2D eigenvalue weighted by Gasteiger charge is 2.42. The van der Waals surface area contributed by atoms with Crippen LogP contribution in [0.4, 0.5) is 0 Å². The molecule has 2 amide bonds. The van der Waals surface area contributed by atoms with E-state index in [9.17, 15) is 9.59 Å². The summed E-state index contributed by atoms with van der Waals surface area (Å²) in [7, 11) is 0. The van der Waals surface area contributed by atoms with Crippen molar-refractivity contribution in [1.29, 1.82) is 0 Å². The third-order valence-electron chi connectivity index (χ3n) is 4.49. The van der Waals surface area contributed by atoms with Crippen molar-refractivity contribution in [3.63, 3.8) is 0 Å². The molecule has 108 valence electrons. The molecule has 2 rings (SSSR count). The molecule has 0 aromatic rings. The molecule has 2 fully saturated rings. The molecule has 0 bridgehead atoms. The molecule has 2 unspecified atom stereocenters. The summed E-state index contributed by atoms with van der Waals surface area (Å²) in [5.74, 6) is 0.263. The first-order valence-corrected chi connectivity index (χ1v) is 7.34. The maximum absolute atomic E-state index is 12.8. The monoisotopic (exact) mass is 267 g/mol. The van der Waals surface area contributed by atoms with Gasteiger partial charge in [0.25, 0.3) is 0 Å². The van der Waals surface area contributed by atoms with E-state index >= 15 is 0 Å². The fraction of sp³-hybridized carbons (Fsp3) is 0.857. The van der Waals surface area contributed by atoms with Crippen molar-refractivity contribution in [3.8, 4) is 0 Å². The number of carbonyl (C=O) groups is 2. The third kappa shape index (κ3) is 3.08. The van der Waals surface area contributed by atoms with E-state index in [0.717, 1.165) is 45.3 Å². The summed E-state index contributed by atoms with van der Waals surface area (Å²) in [5.41, 5.74) is -0.219. The largest absolute Gasteiger partial charge is 0.352 e. The van der Waals surface area contributed by atoms with Crippen LogP contribution in [0.5, 0.6) is 0 Å². The number of nitrogens with one attached hydrogen (secondary N) is 2. The molecule has 2 saturated heterocycles. The van der Waals surface area contributed by atoms with E-state index < -0.39 is 0 Å². The highest BCUT2D eigenvalue weighted by atomic mass is 16.2. The van der Waals surface area contributed by atoms with Crippen LogP contribution < -0.4 is 10.6 Å². The molecule has 0 saturated carbocycles. The number of nitrogens with zero attached hydrogens (tertiary/aromatic N) is 1. The summed E-state index contributed by atoms with van der Waals surface area (Å²) in [5, 5.41) is 6.27. The second-order valence-electron chi connectivity index (χ2n) is 5.85. The minimum atomic E-state index is -0.219. The van der Waals surface area contributed by atoms with Crippen LogP contribution in [0.25, 0.3) is 0 Å². The van der Waals surface area contributed by atoms with Gasteiger partial charge < -0.3 is 15.5 Å². The van der Waals surface area contributed by atoms with Crippen molar-refractivity contribution in [1.82, 2.24) is 15.5 Å². The molecular formula is C14H25N3O2. The summed E-state index contributed by atoms with van der Waals surface area (Å²) in [6, 6.07) is 0.131. The Morgan fingerprint density at radius 2 is 2.26 bits per heavy atom. The fourth-order valence-electron chi connectivity index (χ4n) is 3.29. The molecule has 0 aromatic carbocycles. The van der Waals surface area contributed by atoms with Crippen LogP contribution in [0.3, 0.4) is 0 Å². The summed E-state index contributed by atoms with van der Waals surface area (Å²) < 4.78 is 0. The average Bonchev–Trinajstić information content (AvgIpc) is 2.86. The van der Waals surface area contributed by atoms with Gasteiger partial charge in [0, 0.05) is 32.6 Å². The first-order valence-electron chi connectivity index (χ1n) is 7.34. The number of likely N-dealkylation sites (tertiary alicyclic amines) is 1. The van der Waals surface area contributed by atoms with Gasteiger partial charge in [0.1, 0.15) is 0 Å². The fourth-order valence-corrected chi connectivity index (χ4v) is 3.29. The highest BCUT2D eigenvalue weighted by molar-refractivity contribution is 5.83. The third-order valence-corrected chi connectivity index (χ3v) is 4.49. The van der Waals surface area contributed by atoms with E-state index in [1.807, 2.05) is 4.90 Å². The Balaban J connectivity index is 1.97. The molecule has 2 aliphatic heterocycles. The van der Waals surface area contributed by atoms with Crippen LogP contribution in [-0.2, 0) is 9.59 Å². The Hall–Kier alpha value is -1.10. The number of piperidine rings is 1. The predicted molar refractivity (Wildman–Crippen MR) is 73.6 cm³/mol. The predicted octanol–water partition coefficient (Wildman–Crippen LogP) is 0.503. The SMILES string of the molecule is CCC1(C(=O)N2CCC(NC(C)=O)C2)CCCNC1. The molecule has 0 radical (unpaired) electrons. The van der Waals surface area contributed by atoms with Gasteiger partial charge in [-0.2, -0.15) is 0 Å². The maximum atomic E-state index is 12.8. The molecule has 5 heteroatoms. The summed E-state index contributed by atoms with van der Waals surface area (Å²) >= 11 is 0. The molecule has 0 aliphatic carbocycles. The van der Waals surface area contributed by atoms with Crippen molar-refractivity contribution >= 4 is 11.8 Å². The van der Waals surface area contributed by atoms with Crippen molar-refractivity contribution in [2.75, 3.05) is 26.2 Å².